The third-order valence-corrected chi connectivity index (χ3v) is 6.16. The molecule has 5 heterocycles. The van der Waals surface area contributed by atoms with Crippen molar-refractivity contribution in [2.45, 2.75) is 6.54 Å². The summed E-state index contributed by atoms with van der Waals surface area (Å²) < 4.78 is 23.5. The Labute approximate surface area is 228 Å². The lowest BCUT2D eigenvalue weighted by Crippen LogP contribution is -2.25. The number of benzene rings is 1. The minimum absolute atomic E-state index is 0.230. The lowest BCUT2D eigenvalue weighted by molar-refractivity contribution is 0.0939. The number of carbonyl (C=O) groups excluding carboxylic acids is 1. The lowest BCUT2D eigenvalue weighted by Gasteiger charge is -2.20. The summed E-state index contributed by atoms with van der Waals surface area (Å²) in [6.45, 7) is 1.09. The number of methoxy groups -OCH3 is 2. The van der Waals surface area contributed by atoms with Gasteiger partial charge in [-0.05, 0) is 36.4 Å². The second-order valence-electron chi connectivity index (χ2n) is 8.73. The highest BCUT2D eigenvalue weighted by molar-refractivity contribution is 5.97. The van der Waals surface area contributed by atoms with Crippen LogP contribution in [0.2, 0.25) is 0 Å². The summed E-state index contributed by atoms with van der Waals surface area (Å²) in [4.78, 5) is 26.4. The Hall–Kier alpha value is -5.39. The van der Waals surface area contributed by atoms with E-state index in [1.54, 1.807) is 36.0 Å². The zero-order valence-corrected chi connectivity index (χ0v) is 21.7. The van der Waals surface area contributed by atoms with Gasteiger partial charge in [-0.3, -0.25) is 4.79 Å². The Morgan fingerprint density at radius 2 is 1.88 bits per heavy atom. The highest BCUT2D eigenvalue weighted by Gasteiger charge is 2.20. The first kappa shape index (κ1) is 24.9. The van der Waals surface area contributed by atoms with Crippen molar-refractivity contribution in [2.75, 3.05) is 32.8 Å². The van der Waals surface area contributed by atoms with Crippen LogP contribution in [0.5, 0.6) is 23.1 Å². The maximum atomic E-state index is 12.8. The van der Waals surface area contributed by atoms with E-state index in [0.29, 0.717) is 70.6 Å². The number of amides is 1. The standard InChI is InChI=1S/C28H25N7O5/c1-37-22-13-17(15-30-28(22)38-2)20-9-10-35-25(32-20)14-24(34-35)33-23-8-3-5-18(31-23)16-29-27(36)19-6-4-7-21-26(19)40-12-11-39-21/h3-10,13-15H,11-12,16H2,1-2H3,(H,29,36)(H,31,33,34). The van der Waals surface area contributed by atoms with Gasteiger partial charge in [-0.2, -0.15) is 0 Å². The van der Waals surface area contributed by atoms with E-state index in [1.165, 1.54) is 7.11 Å². The first-order chi connectivity index (χ1) is 19.6. The number of ether oxygens (including phenoxy) is 4. The van der Waals surface area contributed by atoms with Gasteiger partial charge in [0.2, 0.25) is 0 Å². The van der Waals surface area contributed by atoms with Gasteiger partial charge in [0, 0.05) is 24.0 Å². The largest absolute Gasteiger partial charge is 0.491 e. The van der Waals surface area contributed by atoms with Crippen LogP contribution in [0.25, 0.3) is 16.9 Å². The Kier molecular flexibility index (Phi) is 6.71. The molecule has 12 heteroatoms. The van der Waals surface area contributed by atoms with Crippen LogP contribution in [0.3, 0.4) is 0 Å². The molecule has 1 aliphatic heterocycles. The van der Waals surface area contributed by atoms with Crippen LogP contribution in [0.1, 0.15) is 16.1 Å². The van der Waals surface area contributed by atoms with Crippen molar-refractivity contribution in [3.63, 3.8) is 0 Å². The van der Waals surface area contributed by atoms with E-state index in [-0.39, 0.29) is 12.5 Å². The van der Waals surface area contributed by atoms with Gasteiger partial charge in [0.1, 0.15) is 19.0 Å². The van der Waals surface area contributed by atoms with Gasteiger partial charge >= 0.3 is 0 Å². The van der Waals surface area contributed by atoms with Gasteiger partial charge in [-0.15, -0.1) is 5.10 Å². The number of rotatable bonds is 8. The number of hydrogen-bond acceptors (Lipinski definition) is 10. The molecule has 2 N–H and O–H groups in total. The van der Waals surface area contributed by atoms with Crippen LogP contribution in [0.4, 0.5) is 11.6 Å². The number of para-hydroxylation sites is 1. The fourth-order valence-corrected chi connectivity index (χ4v) is 4.27. The van der Waals surface area contributed by atoms with Crippen LogP contribution in [0.15, 0.2) is 67.0 Å². The summed E-state index contributed by atoms with van der Waals surface area (Å²) in [5.41, 5.74) is 3.22. The molecule has 0 bridgehead atoms. The minimum atomic E-state index is -0.269. The van der Waals surface area contributed by atoms with Crippen molar-refractivity contribution in [3.05, 3.63) is 78.2 Å². The summed E-state index contributed by atoms with van der Waals surface area (Å²) in [7, 11) is 3.10. The smallest absolute Gasteiger partial charge is 0.256 e. The molecule has 4 aromatic heterocycles. The number of carbonyl (C=O) groups is 1. The zero-order chi connectivity index (χ0) is 27.5. The normalized spacial score (nSPS) is 12.2. The molecule has 0 radical (unpaired) electrons. The molecule has 12 nitrogen and oxygen atoms in total. The molecule has 0 saturated carbocycles. The van der Waals surface area contributed by atoms with Crippen molar-refractivity contribution in [1.82, 2.24) is 29.9 Å². The monoisotopic (exact) mass is 539 g/mol. The minimum Gasteiger partial charge on any atom is -0.491 e. The summed E-state index contributed by atoms with van der Waals surface area (Å²) in [6, 6.07) is 16.2. The predicted octanol–water partition coefficient (Wildman–Crippen LogP) is 3.65. The molecule has 202 valence electrons. The van der Waals surface area contributed by atoms with Crippen LogP contribution >= 0.6 is 0 Å². The molecule has 1 aliphatic rings. The third kappa shape index (κ3) is 5.01. The number of nitrogens with one attached hydrogen (secondary N) is 2. The Morgan fingerprint density at radius 3 is 2.75 bits per heavy atom. The van der Waals surface area contributed by atoms with Crippen molar-refractivity contribution in [1.29, 1.82) is 0 Å². The highest BCUT2D eigenvalue weighted by atomic mass is 16.6. The van der Waals surface area contributed by atoms with Crippen molar-refractivity contribution < 1.29 is 23.7 Å². The Balaban J connectivity index is 1.15. The van der Waals surface area contributed by atoms with Crippen molar-refractivity contribution in [2.24, 2.45) is 0 Å². The molecule has 0 spiro atoms. The molecule has 40 heavy (non-hydrogen) atoms. The lowest BCUT2D eigenvalue weighted by atomic mass is 10.1. The van der Waals surface area contributed by atoms with Crippen LogP contribution in [0, 0.1) is 0 Å². The average molecular weight is 540 g/mol. The Bertz CT molecular complexity index is 1700. The molecule has 0 unspecified atom stereocenters. The third-order valence-electron chi connectivity index (χ3n) is 6.16. The molecule has 0 atom stereocenters. The topological polar surface area (TPSA) is 134 Å². The van der Waals surface area contributed by atoms with E-state index >= 15 is 0 Å². The molecular weight excluding hydrogens is 514 g/mol. The summed E-state index contributed by atoms with van der Waals surface area (Å²) in [6.07, 6.45) is 3.49. The predicted molar refractivity (Wildman–Crippen MR) is 145 cm³/mol. The van der Waals surface area contributed by atoms with Crippen LogP contribution in [-0.4, -0.2) is 57.9 Å². The molecule has 0 saturated heterocycles. The first-order valence-corrected chi connectivity index (χ1v) is 12.5. The number of nitrogens with zero attached hydrogens (tertiary/aromatic N) is 5. The highest BCUT2D eigenvalue weighted by Crippen LogP contribution is 2.33. The van der Waals surface area contributed by atoms with Gasteiger partial charge in [0.15, 0.2) is 28.7 Å². The van der Waals surface area contributed by atoms with E-state index in [2.05, 4.69) is 25.7 Å². The number of fused-ring (bicyclic) bond motifs is 2. The molecule has 5 aromatic rings. The fraction of sp³-hybridized carbons (Fsp3) is 0.179. The zero-order valence-electron chi connectivity index (χ0n) is 21.7. The molecule has 1 aromatic carbocycles. The number of pyridine rings is 2. The number of anilines is 2. The van der Waals surface area contributed by atoms with E-state index in [0.717, 1.165) is 5.56 Å². The van der Waals surface area contributed by atoms with Crippen molar-refractivity contribution in [3.8, 4) is 34.4 Å². The van der Waals surface area contributed by atoms with Crippen molar-refractivity contribution >= 4 is 23.2 Å². The van der Waals surface area contributed by atoms with Crippen LogP contribution < -0.4 is 29.6 Å². The maximum Gasteiger partial charge on any atom is 0.256 e. The number of aromatic nitrogens is 5. The van der Waals surface area contributed by atoms with E-state index in [9.17, 15) is 4.79 Å². The van der Waals surface area contributed by atoms with Gasteiger partial charge in [-0.25, -0.2) is 19.5 Å². The van der Waals surface area contributed by atoms with E-state index in [4.69, 9.17) is 23.9 Å². The van der Waals surface area contributed by atoms with Gasteiger partial charge in [0.05, 0.1) is 37.7 Å². The first-order valence-electron chi connectivity index (χ1n) is 12.5. The molecule has 6 rings (SSSR count). The van der Waals surface area contributed by atoms with Gasteiger partial charge < -0.3 is 29.6 Å². The van der Waals surface area contributed by atoms with Gasteiger partial charge in [0.25, 0.3) is 11.8 Å². The Morgan fingerprint density at radius 1 is 1.00 bits per heavy atom. The average Bonchev–Trinajstić information content (AvgIpc) is 3.40. The summed E-state index contributed by atoms with van der Waals surface area (Å²) >= 11 is 0. The van der Waals surface area contributed by atoms with Gasteiger partial charge in [-0.1, -0.05) is 12.1 Å². The fourth-order valence-electron chi connectivity index (χ4n) is 4.27. The molecule has 0 aliphatic carbocycles. The second-order valence-corrected chi connectivity index (χ2v) is 8.73. The molecule has 0 fully saturated rings. The summed E-state index contributed by atoms with van der Waals surface area (Å²) in [5, 5.41) is 10.6. The van der Waals surface area contributed by atoms with Crippen LogP contribution in [-0.2, 0) is 6.54 Å². The summed E-state index contributed by atoms with van der Waals surface area (Å²) in [5.74, 6) is 2.82. The quantitative estimate of drug-likeness (QED) is 0.301. The molecular formula is C28H25N7O5. The SMILES string of the molecule is COc1cc(-c2ccn3nc(Nc4cccc(CNC(=O)c5cccc6c5OCCO6)n4)cc3n2)cnc1OC. The molecule has 1 amide bonds. The van der Waals surface area contributed by atoms with E-state index in [1.807, 2.05) is 42.6 Å². The van der Waals surface area contributed by atoms with E-state index < -0.39 is 0 Å². The second kappa shape index (κ2) is 10.8. The maximum absolute atomic E-state index is 12.8. The number of hydrogen-bond donors (Lipinski definition) is 2.